The van der Waals surface area contributed by atoms with Crippen LogP contribution in [0.2, 0.25) is 0 Å². The number of methoxy groups -OCH3 is 1. The molecule has 0 saturated carbocycles. The lowest BCUT2D eigenvalue weighted by atomic mass is 10.0. The van der Waals surface area contributed by atoms with Crippen LogP contribution in [0.25, 0.3) is 0 Å². The van der Waals surface area contributed by atoms with Gasteiger partial charge in [-0.15, -0.1) is 6.58 Å². The summed E-state index contributed by atoms with van der Waals surface area (Å²) in [5, 5.41) is 0. The van der Waals surface area contributed by atoms with Gasteiger partial charge in [-0.05, 0) is 36.2 Å². The fraction of sp³-hybridized carbons (Fsp3) is 0.167. The van der Waals surface area contributed by atoms with Crippen molar-refractivity contribution in [2.24, 2.45) is 0 Å². The number of rotatable bonds is 7. The first-order valence-electron chi connectivity index (χ1n) is 6.83. The third-order valence-electron chi connectivity index (χ3n) is 3.39. The summed E-state index contributed by atoms with van der Waals surface area (Å²) in [4.78, 5) is 13.3. The fourth-order valence-corrected chi connectivity index (χ4v) is 2.31. The van der Waals surface area contributed by atoms with E-state index < -0.39 is 0 Å². The van der Waals surface area contributed by atoms with Gasteiger partial charge in [-0.2, -0.15) is 0 Å². The first kappa shape index (κ1) is 14.9. The molecule has 0 aliphatic rings. The maximum absolute atomic E-state index is 11.6. The van der Waals surface area contributed by atoms with Crippen LogP contribution in [0, 0.1) is 0 Å². The Bertz CT molecular complexity index is 578. The van der Waals surface area contributed by atoms with Gasteiger partial charge in [0, 0.05) is 5.69 Å². The van der Waals surface area contributed by atoms with Crippen LogP contribution in [-0.2, 0) is 4.79 Å². The number of hydrogen-bond acceptors (Lipinski definition) is 2. The molecule has 1 amide bonds. The smallest absolute Gasteiger partial charge is 0.214 e. The summed E-state index contributed by atoms with van der Waals surface area (Å²) in [5.41, 5.74) is 1.92. The molecule has 0 aromatic heterocycles. The van der Waals surface area contributed by atoms with Crippen molar-refractivity contribution in [3.63, 3.8) is 0 Å². The Balaban J connectivity index is 2.35. The molecule has 3 heteroatoms. The molecule has 2 aromatic carbocycles. The van der Waals surface area contributed by atoms with E-state index in [0.717, 1.165) is 23.4 Å². The van der Waals surface area contributed by atoms with Crippen LogP contribution in [0.1, 0.15) is 18.0 Å². The minimum absolute atomic E-state index is 0.0606. The molecule has 0 fully saturated rings. The number of carbonyl (C=O) groups is 1. The third-order valence-corrected chi connectivity index (χ3v) is 3.39. The molecule has 2 aromatic rings. The molecule has 0 N–H and O–H groups in total. The highest BCUT2D eigenvalue weighted by Gasteiger charge is 2.19. The number of carbonyl (C=O) groups excluding carboxylic acids is 1. The van der Waals surface area contributed by atoms with E-state index in [2.05, 4.69) is 6.58 Å². The third kappa shape index (κ3) is 3.51. The molecule has 108 valence electrons. The standard InChI is InChI=1S/C18H19NO2/c1-3-7-18(15-8-5-4-6-9-15)19(14-20)16-10-12-17(21-2)13-11-16/h3-6,8-14,18H,1,7H2,2H3. The highest BCUT2D eigenvalue weighted by atomic mass is 16.5. The highest BCUT2D eigenvalue weighted by molar-refractivity contribution is 5.76. The van der Waals surface area contributed by atoms with Crippen LogP contribution in [0.5, 0.6) is 5.75 Å². The Hall–Kier alpha value is -2.55. The summed E-state index contributed by atoms with van der Waals surface area (Å²) in [6.07, 6.45) is 3.38. The van der Waals surface area contributed by atoms with Gasteiger partial charge in [0.1, 0.15) is 5.75 Å². The second-order valence-electron chi connectivity index (χ2n) is 4.66. The zero-order valence-corrected chi connectivity index (χ0v) is 12.1. The van der Waals surface area contributed by atoms with Gasteiger partial charge in [0.15, 0.2) is 0 Å². The van der Waals surface area contributed by atoms with Crippen molar-refractivity contribution < 1.29 is 9.53 Å². The van der Waals surface area contributed by atoms with E-state index in [1.165, 1.54) is 0 Å². The van der Waals surface area contributed by atoms with E-state index in [-0.39, 0.29) is 6.04 Å². The lowest BCUT2D eigenvalue weighted by Crippen LogP contribution is -2.26. The number of ether oxygens (including phenoxy) is 1. The molecule has 1 atom stereocenters. The molecule has 3 nitrogen and oxygen atoms in total. The predicted molar refractivity (Wildman–Crippen MR) is 85.5 cm³/mol. The average molecular weight is 281 g/mol. The Morgan fingerprint density at radius 3 is 2.33 bits per heavy atom. The maximum atomic E-state index is 11.6. The Morgan fingerprint density at radius 2 is 1.81 bits per heavy atom. The number of hydrogen-bond donors (Lipinski definition) is 0. The average Bonchev–Trinajstić information content (AvgIpc) is 2.56. The molecule has 0 heterocycles. The molecule has 0 aliphatic heterocycles. The summed E-state index contributed by atoms with van der Waals surface area (Å²) in [7, 11) is 1.62. The van der Waals surface area contributed by atoms with Gasteiger partial charge in [0.05, 0.1) is 13.2 Å². The second kappa shape index (κ2) is 7.29. The summed E-state index contributed by atoms with van der Waals surface area (Å²) in [6.45, 7) is 3.80. The zero-order valence-electron chi connectivity index (χ0n) is 12.1. The van der Waals surface area contributed by atoms with Crippen molar-refractivity contribution in [2.45, 2.75) is 12.5 Å². The van der Waals surface area contributed by atoms with Crippen molar-refractivity contribution in [1.82, 2.24) is 0 Å². The van der Waals surface area contributed by atoms with Crippen molar-refractivity contribution >= 4 is 12.1 Å². The van der Waals surface area contributed by atoms with Gasteiger partial charge in [-0.3, -0.25) is 4.79 Å². The normalized spacial score (nSPS) is 11.5. The summed E-state index contributed by atoms with van der Waals surface area (Å²) in [5.74, 6) is 0.768. The van der Waals surface area contributed by atoms with Crippen LogP contribution in [0.4, 0.5) is 5.69 Å². The topological polar surface area (TPSA) is 29.5 Å². The lowest BCUT2D eigenvalue weighted by molar-refractivity contribution is -0.107. The largest absolute Gasteiger partial charge is 0.497 e. The van der Waals surface area contributed by atoms with E-state index in [9.17, 15) is 4.79 Å². The number of amides is 1. The summed E-state index contributed by atoms with van der Waals surface area (Å²) < 4.78 is 5.15. The molecule has 0 bridgehead atoms. The quantitative estimate of drug-likeness (QED) is 0.567. The number of anilines is 1. The van der Waals surface area contributed by atoms with Gasteiger partial charge < -0.3 is 9.64 Å². The highest BCUT2D eigenvalue weighted by Crippen LogP contribution is 2.29. The van der Waals surface area contributed by atoms with E-state index >= 15 is 0 Å². The number of benzene rings is 2. The van der Waals surface area contributed by atoms with Gasteiger partial charge in [-0.25, -0.2) is 0 Å². The van der Waals surface area contributed by atoms with Gasteiger partial charge in [0.25, 0.3) is 0 Å². The molecule has 1 unspecified atom stereocenters. The zero-order chi connectivity index (χ0) is 15.1. The van der Waals surface area contributed by atoms with Crippen molar-refractivity contribution in [2.75, 3.05) is 12.0 Å². The second-order valence-corrected chi connectivity index (χ2v) is 4.66. The summed E-state index contributed by atoms with van der Waals surface area (Å²) >= 11 is 0. The molecule has 0 spiro atoms. The Morgan fingerprint density at radius 1 is 1.14 bits per heavy atom. The Labute approximate surface area is 125 Å². The number of nitrogens with zero attached hydrogens (tertiary/aromatic N) is 1. The van der Waals surface area contributed by atoms with E-state index in [4.69, 9.17) is 4.74 Å². The molecular formula is C18H19NO2. The predicted octanol–water partition coefficient (Wildman–Crippen LogP) is 3.98. The Kier molecular flexibility index (Phi) is 5.16. The van der Waals surface area contributed by atoms with Crippen molar-refractivity contribution in [1.29, 1.82) is 0 Å². The van der Waals surface area contributed by atoms with Crippen molar-refractivity contribution in [3.8, 4) is 5.75 Å². The van der Waals surface area contributed by atoms with Crippen LogP contribution >= 0.6 is 0 Å². The van der Waals surface area contributed by atoms with Crippen LogP contribution in [-0.4, -0.2) is 13.5 Å². The minimum atomic E-state index is -0.0606. The van der Waals surface area contributed by atoms with Crippen molar-refractivity contribution in [3.05, 3.63) is 72.8 Å². The molecule has 2 rings (SSSR count). The van der Waals surface area contributed by atoms with E-state index in [0.29, 0.717) is 6.42 Å². The van der Waals surface area contributed by atoms with Crippen LogP contribution in [0.15, 0.2) is 67.3 Å². The maximum Gasteiger partial charge on any atom is 0.214 e. The molecule has 0 saturated heterocycles. The monoisotopic (exact) mass is 281 g/mol. The first-order valence-corrected chi connectivity index (χ1v) is 6.83. The molecule has 21 heavy (non-hydrogen) atoms. The molecule has 0 radical (unpaired) electrons. The van der Waals surface area contributed by atoms with Gasteiger partial charge >= 0.3 is 0 Å². The minimum Gasteiger partial charge on any atom is -0.497 e. The fourth-order valence-electron chi connectivity index (χ4n) is 2.31. The lowest BCUT2D eigenvalue weighted by Gasteiger charge is -2.28. The van der Waals surface area contributed by atoms with Crippen LogP contribution in [0.3, 0.4) is 0 Å². The molecule has 0 aliphatic carbocycles. The summed E-state index contributed by atoms with van der Waals surface area (Å²) in [6, 6.07) is 17.4. The van der Waals surface area contributed by atoms with E-state index in [1.807, 2.05) is 60.7 Å². The first-order chi connectivity index (χ1) is 10.3. The van der Waals surface area contributed by atoms with Crippen LogP contribution < -0.4 is 9.64 Å². The van der Waals surface area contributed by atoms with Gasteiger partial charge in [0.2, 0.25) is 6.41 Å². The molecular weight excluding hydrogens is 262 g/mol. The van der Waals surface area contributed by atoms with E-state index in [1.54, 1.807) is 12.0 Å². The van der Waals surface area contributed by atoms with Gasteiger partial charge in [-0.1, -0.05) is 36.4 Å². The SMILES string of the molecule is C=CCC(c1ccccc1)N(C=O)c1ccc(OC)cc1.